The summed E-state index contributed by atoms with van der Waals surface area (Å²) in [6.45, 7) is 0.670. The van der Waals surface area contributed by atoms with Crippen LogP contribution in [0.1, 0.15) is 39.3 Å². The van der Waals surface area contributed by atoms with Crippen molar-refractivity contribution in [2.24, 2.45) is 0 Å². The number of hydrogen-bond acceptors (Lipinski definition) is 4. The highest BCUT2D eigenvalue weighted by molar-refractivity contribution is 5.94. The van der Waals surface area contributed by atoms with E-state index in [1.807, 2.05) is 30.3 Å². The van der Waals surface area contributed by atoms with Crippen LogP contribution in [0.4, 0.5) is 0 Å². The number of hydrogen-bond donors (Lipinski definition) is 2. The van der Waals surface area contributed by atoms with E-state index < -0.39 is 0 Å². The lowest BCUT2D eigenvalue weighted by Gasteiger charge is -2.22. The van der Waals surface area contributed by atoms with Crippen molar-refractivity contribution in [3.05, 3.63) is 81.0 Å². The Bertz CT molecular complexity index is 963. The van der Waals surface area contributed by atoms with E-state index in [0.717, 1.165) is 36.1 Å². The molecule has 0 saturated heterocycles. The van der Waals surface area contributed by atoms with Crippen LogP contribution in [0.15, 0.2) is 47.4 Å². The van der Waals surface area contributed by atoms with Gasteiger partial charge in [0.25, 0.3) is 11.5 Å². The van der Waals surface area contributed by atoms with Gasteiger partial charge in [0.15, 0.2) is 0 Å². The maximum absolute atomic E-state index is 13.1. The van der Waals surface area contributed by atoms with Crippen LogP contribution >= 0.6 is 0 Å². The minimum atomic E-state index is -0.325. The average Bonchev–Trinajstić information content (AvgIpc) is 3.32. The molecule has 26 heavy (non-hydrogen) atoms. The summed E-state index contributed by atoms with van der Waals surface area (Å²) in [6, 6.07) is 11.4. The van der Waals surface area contributed by atoms with Crippen molar-refractivity contribution in [2.75, 3.05) is 0 Å². The Morgan fingerprint density at radius 2 is 2.00 bits per heavy atom. The molecule has 0 spiro atoms. The monoisotopic (exact) mass is 349 g/mol. The SMILES string of the molecule is O=C(c1cc2c([nH]c1=O)CCC2)N(Cc1ccccc1)Cc1cn[nH]n1. The van der Waals surface area contributed by atoms with E-state index in [1.54, 1.807) is 17.2 Å². The number of rotatable bonds is 5. The molecule has 3 aromatic rings. The molecule has 1 aliphatic carbocycles. The van der Waals surface area contributed by atoms with Gasteiger partial charge in [-0.3, -0.25) is 9.59 Å². The van der Waals surface area contributed by atoms with Crippen LogP contribution in [0.2, 0.25) is 0 Å². The number of benzene rings is 1. The number of nitrogens with one attached hydrogen (secondary N) is 2. The third kappa shape index (κ3) is 3.28. The Morgan fingerprint density at radius 1 is 1.15 bits per heavy atom. The molecule has 2 N–H and O–H groups in total. The predicted molar refractivity (Wildman–Crippen MR) is 95.5 cm³/mol. The van der Waals surface area contributed by atoms with Crippen molar-refractivity contribution in [1.29, 1.82) is 0 Å². The molecular weight excluding hydrogens is 330 g/mol. The lowest BCUT2D eigenvalue weighted by Crippen LogP contribution is -2.34. The van der Waals surface area contributed by atoms with Crippen LogP contribution in [0.25, 0.3) is 0 Å². The third-order valence-electron chi connectivity index (χ3n) is 4.64. The summed E-state index contributed by atoms with van der Waals surface area (Å²) in [4.78, 5) is 30.1. The van der Waals surface area contributed by atoms with Crippen molar-refractivity contribution in [2.45, 2.75) is 32.4 Å². The van der Waals surface area contributed by atoms with Crippen LogP contribution in [0.3, 0.4) is 0 Å². The highest BCUT2D eigenvalue weighted by Crippen LogP contribution is 2.20. The molecule has 0 unspecified atom stereocenters. The van der Waals surface area contributed by atoms with Crippen LogP contribution in [0.5, 0.6) is 0 Å². The number of aryl methyl sites for hydroxylation is 2. The Balaban J connectivity index is 1.66. The number of amides is 1. The minimum Gasteiger partial charge on any atom is -0.328 e. The quantitative estimate of drug-likeness (QED) is 0.735. The molecule has 0 saturated carbocycles. The topological polar surface area (TPSA) is 94.7 Å². The number of fused-ring (bicyclic) bond motifs is 1. The van der Waals surface area contributed by atoms with E-state index in [1.165, 1.54) is 0 Å². The lowest BCUT2D eigenvalue weighted by atomic mass is 10.1. The summed E-state index contributed by atoms with van der Waals surface area (Å²) in [5.74, 6) is -0.298. The first kappa shape index (κ1) is 16.3. The first-order valence-corrected chi connectivity index (χ1v) is 8.63. The summed E-state index contributed by atoms with van der Waals surface area (Å²) in [7, 11) is 0. The summed E-state index contributed by atoms with van der Waals surface area (Å²) in [5.41, 5.74) is 3.51. The first-order valence-electron chi connectivity index (χ1n) is 8.63. The van der Waals surface area contributed by atoms with E-state index in [0.29, 0.717) is 12.2 Å². The molecule has 1 aromatic carbocycles. The zero-order valence-electron chi connectivity index (χ0n) is 14.2. The van der Waals surface area contributed by atoms with E-state index >= 15 is 0 Å². The van der Waals surface area contributed by atoms with Gasteiger partial charge in [0.2, 0.25) is 0 Å². The van der Waals surface area contributed by atoms with Gasteiger partial charge in [-0.2, -0.15) is 15.4 Å². The zero-order valence-corrected chi connectivity index (χ0v) is 14.2. The smallest absolute Gasteiger partial charge is 0.261 e. The summed E-state index contributed by atoms with van der Waals surface area (Å²) in [6.07, 6.45) is 4.36. The van der Waals surface area contributed by atoms with Gasteiger partial charge in [0.05, 0.1) is 12.7 Å². The summed E-state index contributed by atoms with van der Waals surface area (Å²) < 4.78 is 0. The molecule has 0 atom stereocenters. The molecule has 7 heteroatoms. The molecule has 1 aliphatic rings. The number of aromatic nitrogens is 4. The van der Waals surface area contributed by atoms with Crippen LogP contribution in [-0.4, -0.2) is 31.2 Å². The van der Waals surface area contributed by atoms with Gasteiger partial charge in [-0.15, -0.1) is 0 Å². The molecule has 7 nitrogen and oxygen atoms in total. The molecule has 2 heterocycles. The Morgan fingerprint density at radius 3 is 2.77 bits per heavy atom. The summed E-state index contributed by atoms with van der Waals surface area (Å²) in [5, 5.41) is 10.4. The third-order valence-corrected chi connectivity index (χ3v) is 4.64. The normalized spacial score (nSPS) is 12.8. The van der Waals surface area contributed by atoms with Gasteiger partial charge < -0.3 is 9.88 Å². The van der Waals surface area contributed by atoms with Crippen molar-refractivity contribution in [3.8, 4) is 0 Å². The molecule has 1 amide bonds. The molecule has 2 aromatic heterocycles. The fourth-order valence-corrected chi connectivity index (χ4v) is 3.34. The number of aromatic amines is 2. The summed E-state index contributed by atoms with van der Waals surface area (Å²) >= 11 is 0. The molecule has 0 fully saturated rings. The number of H-pyrrole nitrogens is 2. The Labute approximate surface area is 150 Å². The molecule has 0 aliphatic heterocycles. The van der Waals surface area contributed by atoms with Gasteiger partial charge in [-0.05, 0) is 36.5 Å². The second kappa shape index (κ2) is 6.95. The van der Waals surface area contributed by atoms with Gasteiger partial charge in [-0.25, -0.2) is 0 Å². The highest BCUT2D eigenvalue weighted by atomic mass is 16.2. The number of pyridine rings is 1. The van der Waals surface area contributed by atoms with Gasteiger partial charge >= 0.3 is 0 Å². The van der Waals surface area contributed by atoms with Gasteiger partial charge in [-0.1, -0.05) is 30.3 Å². The van der Waals surface area contributed by atoms with Crippen molar-refractivity contribution >= 4 is 5.91 Å². The second-order valence-corrected chi connectivity index (χ2v) is 6.48. The average molecular weight is 349 g/mol. The molecule has 4 rings (SSSR count). The predicted octanol–water partition coefficient (Wildman–Crippen LogP) is 1.82. The highest BCUT2D eigenvalue weighted by Gasteiger charge is 2.23. The van der Waals surface area contributed by atoms with E-state index in [4.69, 9.17) is 0 Å². The van der Waals surface area contributed by atoms with Gasteiger partial charge in [0.1, 0.15) is 11.3 Å². The van der Waals surface area contributed by atoms with E-state index in [9.17, 15) is 9.59 Å². The van der Waals surface area contributed by atoms with Crippen molar-refractivity contribution in [3.63, 3.8) is 0 Å². The molecule has 132 valence electrons. The number of carbonyl (C=O) groups is 1. The first-order chi connectivity index (χ1) is 12.7. The Kier molecular flexibility index (Phi) is 4.35. The molecular formula is C19H19N5O2. The Hall–Kier alpha value is -3.22. The lowest BCUT2D eigenvalue weighted by molar-refractivity contribution is 0.0726. The zero-order chi connectivity index (χ0) is 17.9. The fraction of sp³-hybridized carbons (Fsp3) is 0.263. The van der Waals surface area contributed by atoms with Crippen molar-refractivity contribution in [1.82, 2.24) is 25.3 Å². The largest absolute Gasteiger partial charge is 0.328 e. The standard InChI is InChI=1S/C19H19N5O2/c25-18-16(9-14-7-4-8-17(14)21-18)19(26)24(12-15-10-20-23-22-15)11-13-5-2-1-3-6-13/h1-3,5-6,9-10H,4,7-8,11-12H2,(H,21,25)(H,20,22,23). The van der Waals surface area contributed by atoms with Crippen molar-refractivity contribution < 1.29 is 4.79 Å². The van der Waals surface area contributed by atoms with Crippen LogP contribution in [0, 0.1) is 0 Å². The van der Waals surface area contributed by atoms with E-state index in [-0.39, 0.29) is 23.6 Å². The van der Waals surface area contributed by atoms with E-state index in [2.05, 4.69) is 20.4 Å². The second-order valence-electron chi connectivity index (χ2n) is 6.48. The van der Waals surface area contributed by atoms with Crippen LogP contribution in [-0.2, 0) is 25.9 Å². The number of carbonyl (C=O) groups excluding carboxylic acids is 1. The fourth-order valence-electron chi connectivity index (χ4n) is 3.34. The minimum absolute atomic E-state index is 0.185. The van der Waals surface area contributed by atoms with Gasteiger partial charge in [0, 0.05) is 12.2 Å². The maximum Gasteiger partial charge on any atom is 0.261 e. The maximum atomic E-state index is 13.1. The molecule has 0 bridgehead atoms. The number of nitrogens with zero attached hydrogens (tertiary/aromatic N) is 3. The molecule has 0 radical (unpaired) electrons. The van der Waals surface area contributed by atoms with Crippen LogP contribution < -0.4 is 5.56 Å².